The number of carbonyl (C=O) groups is 1. The van der Waals surface area contributed by atoms with Crippen molar-refractivity contribution < 1.29 is 9.90 Å². The Balaban J connectivity index is 2.58. The van der Waals surface area contributed by atoms with E-state index in [-0.39, 0.29) is 0 Å². The number of carboxylic acid groups (broad SMARTS) is 1. The van der Waals surface area contributed by atoms with Gasteiger partial charge in [0.2, 0.25) is 0 Å². The van der Waals surface area contributed by atoms with Gasteiger partial charge in [-0.05, 0) is 19.1 Å². The molecule has 12 heavy (non-hydrogen) atoms. The van der Waals surface area contributed by atoms with Crippen LogP contribution in [0.2, 0.25) is 0 Å². The number of hydrogen-bond donors (Lipinski definition) is 2. The first-order chi connectivity index (χ1) is 5.59. The first-order valence-corrected chi connectivity index (χ1v) is 4.89. The van der Waals surface area contributed by atoms with Gasteiger partial charge in [0.1, 0.15) is 5.25 Å². The number of hydrogen-bond acceptors (Lipinski definition) is 3. The van der Waals surface area contributed by atoms with E-state index in [4.69, 9.17) is 5.11 Å². The first-order valence-electron chi connectivity index (χ1n) is 3.56. The molecule has 1 heterocycles. The largest absolute Gasteiger partial charge is 0.480 e. The molecule has 1 atom stereocenters. The minimum absolute atomic E-state index is 0.511. The molecule has 1 aromatic heterocycles. The molecular weight excluding hydrogens is 192 g/mol. The van der Waals surface area contributed by atoms with Gasteiger partial charge in [-0.15, -0.1) is 11.3 Å². The van der Waals surface area contributed by atoms with Crippen LogP contribution in [0.15, 0.2) is 12.1 Å². The van der Waals surface area contributed by atoms with E-state index >= 15 is 0 Å². The Labute approximate surface area is 80.6 Å². The van der Waals surface area contributed by atoms with Gasteiger partial charge < -0.3 is 5.11 Å². The highest BCUT2D eigenvalue weighted by Crippen LogP contribution is 2.18. The van der Waals surface area contributed by atoms with Gasteiger partial charge in [-0.2, -0.15) is 12.6 Å². The van der Waals surface area contributed by atoms with Crippen molar-refractivity contribution in [3.05, 3.63) is 21.9 Å². The molecular formula is C8H10O2S2. The van der Waals surface area contributed by atoms with Crippen LogP contribution in [-0.2, 0) is 11.2 Å². The molecule has 0 saturated heterocycles. The number of thiol groups is 1. The van der Waals surface area contributed by atoms with E-state index in [2.05, 4.69) is 12.6 Å². The molecule has 1 N–H and O–H groups in total. The van der Waals surface area contributed by atoms with Crippen LogP contribution in [-0.4, -0.2) is 16.3 Å². The number of carboxylic acids is 1. The minimum Gasteiger partial charge on any atom is -0.480 e. The average Bonchev–Trinajstić information content (AvgIpc) is 2.35. The monoisotopic (exact) mass is 202 g/mol. The lowest BCUT2D eigenvalue weighted by Crippen LogP contribution is -2.15. The van der Waals surface area contributed by atoms with E-state index in [1.165, 1.54) is 4.88 Å². The van der Waals surface area contributed by atoms with Crippen LogP contribution in [0.5, 0.6) is 0 Å². The molecule has 1 rings (SSSR count). The summed E-state index contributed by atoms with van der Waals surface area (Å²) in [6, 6.07) is 3.94. The van der Waals surface area contributed by atoms with Gasteiger partial charge in [-0.25, -0.2) is 0 Å². The molecule has 2 nitrogen and oxygen atoms in total. The smallest absolute Gasteiger partial charge is 0.316 e. The fourth-order valence-electron chi connectivity index (χ4n) is 0.873. The number of aliphatic carboxylic acids is 1. The van der Waals surface area contributed by atoms with E-state index in [9.17, 15) is 4.79 Å². The van der Waals surface area contributed by atoms with Gasteiger partial charge in [0, 0.05) is 16.2 Å². The summed E-state index contributed by atoms with van der Waals surface area (Å²) in [5.41, 5.74) is 0. The molecule has 0 aromatic carbocycles. The van der Waals surface area contributed by atoms with E-state index in [1.54, 1.807) is 11.3 Å². The van der Waals surface area contributed by atoms with Crippen LogP contribution >= 0.6 is 24.0 Å². The van der Waals surface area contributed by atoms with Gasteiger partial charge in [0.05, 0.1) is 0 Å². The summed E-state index contributed by atoms with van der Waals surface area (Å²) in [6.45, 7) is 2.00. The zero-order chi connectivity index (χ0) is 9.14. The lowest BCUT2D eigenvalue weighted by Gasteiger charge is -2.01. The first kappa shape index (κ1) is 9.61. The molecule has 0 spiro atoms. The summed E-state index contributed by atoms with van der Waals surface area (Å²) in [6.07, 6.45) is 0.511. The summed E-state index contributed by atoms with van der Waals surface area (Å²) in [5.74, 6) is -0.857. The van der Waals surface area contributed by atoms with Crippen molar-refractivity contribution in [3.63, 3.8) is 0 Å². The topological polar surface area (TPSA) is 37.3 Å². The summed E-state index contributed by atoms with van der Waals surface area (Å²) in [4.78, 5) is 12.7. The lowest BCUT2D eigenvalue weighted by atomic mass is 10.2. The van der Waals surface area contributed by atoms with Crippen molar-refractivity contribution in [2.24, 2.45) is 0 Å². The van der Waals surface area contributed by atoms with Gasteiger partial charge in [-0.1, -0.05) is 0 Å². The molecule has 0 bridgehead atoms. The second kappa shape index (κ2) is 3.96. The Morgan fingerprint density at radius 1 is 1.75 bits per heavy atom. The number of thiophene rings is 1. The highest BCUT2D eigenvalue weighted by molar-refractivity contribution is 7.81. The second-order valence-corrected chi connectivity index (χ2v) is 4.57. The Kier molecular flexibility index (Phi) is 3.17. The van der Waals surface area contributed by atoms with Crippen LogP contribution in [0, 0.1) is 6.92 Å². The normalized spacial score (nSPS) is 12.8. The minimum atomic E-state index is -0.857. The Hall–Kier alpha value is -0.480. The zero-order valence-corrected chi connectivity index (χ0v) is 8.36. The summed E-state index contributed by atoms with van der Waals surface area (Å²) in [5, 5.41) is 8.00. The van der Waals surface area contributed by atoms with Crippen LogP contribution < -0.4 is 0 Å². The van der Waals surface area contributed by atoms with Crippen molar-refractivity contribution in [2.75, 3.05) is 0 Å². The maximum atomic E-state index is 10.4. The van der Waals surface area contributed by atoms with Gasteiger partial charge in [-0.3, -0.25) is 4.79 Å². The van der Waals surface area contributed by atoms with Crippen LogP contribution in [0.1, 0.15) is 9.75 Å². The molecule has 1 unspecified atom stereocenters. The molecule has 0 aliphatic rings. The molecule has 4 heteroatoms. The second-order valence-electron chi connectivity index (χ2n) is 2.57. The van der Waals surface area contributed by atoms with E-state index < -0.39 is 11.2 Å². The molecule has 0 saturated carbocycles. The Bertz CT molecular complexity index is 280. The van der Waals surface area contributed by atoms with E-state index in [0.717, 1.165) is 4.88 Å². The molecule has 1 aromatic rings. The summed E-state index contributed by atoms with van der Waals surface area (Å²) < 4.78 is 0. The Morgan fingerprint density at radius 2 is 2.42 bits per heavy atom. The van der Waals surface area contributed by atoms with Crippen LogP contribution in [0.4, 0.5) is 0 Å². The fourth-order valence-corrected chi connectivity index (χ4v) is 2.13. The van der Waals surface area contributed by atoms with Crippen LogP contribution in [0.25, 0.3) is 0 Å². The highest BCUT2D eigenvalue weighted by Gasteiger charge is 2.13. The maximum Gasteiger partial charge on any atom is 0.316 e. The quantitative estimate of drug-likeness (QED) is 0.735. The molecule has 0 amide bonds. The van der Waals surface area contributed by atoms with Crippen molar-refractivity contribution in [1.82, 2.24) is 0 Å². The van der Waals surface area contributed by atoms with Gasteiger partial charge in [0.15, 0.2) is 0 Å². The standard InChI is InChI=1S/C8H10O2S2/c1-5-2-3-6(12-5)4-7(11)8(9)10/h2-3,7,11H,4H2,1H3,(H,9,10). The third-order valence-electron chi connectivity index (χ3n) is 1.48. The van der Waals surface area contributed by atoms with Crippen molar-refractivity contribution in [2.45, 2.75) is 18.6 Å². The van der Waals surface area contributed by atoms with Crippen LogP contribution in [0.3, 0.4) is 0 Å². The average molecular weight is 202 g/mol. The highest BCUT2D eigenvalue weighted by atomic mass is 32.1. The van der Waals surface area contributed by atoms with E-state index in [0.29, 0.717) is 6.42 Å². The van der Waals surface area contributed by atoms with Crippen molar-refractivity contribution in [3.8, 4) is 0 Å². The SMILES string of the molecule is Cc1ccc(CC(S)C(=O)O)s1. The summed E-state index contributed by atoms with van der Waals surface area (Å²) in [7, 11) is 0. The third kappa shape index (κ3) is 2.53. The molecule has 0 aliphatic carbocycles. The van der Waals surface area contributed by atoms with Gasteiger partial charge in [0.25, 0.3) is 0 Å². The van der Waals surface area contributed by atoms with Crippen molar-refractivity contribution >= 4 is 29.9 Å². The fraction of sp³-hybridized carbons (Fsp3) is 0.375. The predicted octanol–water partition coefficient (Wildman–Crippen LogP) is 1.98. The molecule has 0 fully saturated rings. The zero-order valence-electron chi connectivity index (χ0n) is 6.65. The van der Waals surface area contributed by atoms with Crippen molar-refractivity contribution in [1.29, 1.82) is 0 Å². The molecule has 0 aliphatic heterocycles. The summed E-state index contributed by atoms with van der Waals surface area (Å²) >= 11 is 5.57. The predicted molar refractivity (Wildman–Crippen MR) is 53.2 cm³/mol. The molecule has 66 valence electrons. The Morgan fingerprint density at radius 3 is 2.83 bits per heavy atom. The lowest BCUT2D eigenvalue weighted by molar-refractivity contribution is -0.136. The number of rotatable bonds is 3. The molecule has 0 radical (unpaired) electrons. The number of aryl methyl sites for hydroxylation is 1. The maximum absolute atomic E-state index is 10.4. The van der Waals surface area contributed by atoms with Gasteiger partial charge >= 0.3 is 5.97 Å². The third-order valence-corrected chi connectivity index (χ3v) is 2.90. The van der Waals surface area contributed by atoms with E-state index in [1.807, 2.05) is 19.1 Å².